The van der Waals surface area contributed by atoms with E-state index < -0.39 is 17.9 Å². The van der Waals surface area contributed by atoms with E-state index in [0.717, 1.165) is 22.6 Å². The van der Waals surface area contributed by atoms with Gasteiger partial charge in [0.05, 0.1) is 24.5 Å². The summed E-state index contributed by atoms with van der Waals surface area (Å²) < 4.78 is 4.92. The van der Waals surface area contributed by atoms with Crippen LogP contribution >= 0.6 is 11.6 Å². The van der Waals surface area contributed by atoms with Gasteiger partial charge < -0.3 is 15.4 Å². The van der Waals surface area contributed by atoms with Crippen molar-refractivity contribution in [3.63, 3.8) is 0 Å². The van der Waals surface area contributed by atoms with Crippen molar-refractivity contribution in [2.75, 3.05) is 17.7 Å². The third kappa shape index (κ3) is 3.06. The molecule has 2 aliphatic rings. The standard InChI is InChI=1S/C22H21ClN2O3/c1-12-11-17-19(21(26)18(12)22(27)28-2)20(13-7-3-4-8-14(13)23)25-16-10-6-5-9-15(16)24-17/h3-10,12,18,20,24-25H,11H2,1-2H3/t12-,18-,20-/m1/s1. The first-order chi connectivity index (χ1) is 13.5. The molecule has 0 amide bonds. The van der Waals surface area contributed by atoms with Crippen molar-refractivity contribution in [2.45, 2.75) is 19.4 Å². The van der Waals surface area contributed by atoms with Crippen LogP contribution in [0.25, 0.3) is 0 Å². The van der Waals surface area contributed by atoms with Gasteiger partial charge in [0.15, 0.2) is 5.78 Å². The van der Waals surface area contributed by atoms with Crippen LogP contribution in [0.2, 0.25) is 5.02 Å². The number of nitrogens with one attached hydrogen (secondary N) is 2. The lowest BCUT2D eigenvalue weighted by molar-refractivity contribution is -0.151. The van der Waals surface area contributed by atoms with Gasteiger partial charge >= 0.3 is 5.97 Å². The largest absolute Gasteiger partial charge is 0.468 e. The monoisotopic (exact) mass is 396 g/mol. The topological polar surface area (TPSA) is 67.4 Å². The number of methoxy groups -OCH3 is 1. The Kier molecular flexibility index (Phi) is 4.85. The van der Waals surface area contributed by atoms with Crippen LogP contribution in [0.15, 0.2) is 59.8 Å². The summed E-state index contributed by atoms with van der Waals surface area (Å²) in [4.78, 5) is 25.8. The summed E-state index contributed by atoms with van der Waals surface area (Å²) in [5.74, 6) is -1.70. The number of hydrogen-bond acceptors (Lipinski definition) is 5. The summed E-state index contributed by atoms with van der Waals surface area (Å²) in [7, 11) is 1.32. The van der Waals surface area contributed by atoms with Crippen molar-refractivity contribution in [1.82, 2.24) is 0 Å². The van der Waals surface area contributed by atoms with Crippen LogP contribution in [0, 0.1) is 11.8 Å². The minimum atomic E-state index is -0.821. The molecule has 2 aromatic carbocycles. The molecule has 0 saturated carbocycles. The highest BCUT2D eigenvalue weighted by molar-refractivity contribution is 6.31. The molecule has 0 radical (unpaired) electrons. The summed E-state index contributed by atoms with van der Waals surface area (Å²) in [6.07, 6.45) is 0.567. The van der Waals surface area contributed by atoms with E-state index in [9.17, 15) is 9.59 Å². The van der Waals surface area contributed by atoms with E-state index in [1.165, 1.54) is 7.11 Å². The van der Waals surface area contributed by atoms with Crippen molar-refractivity contribution in [1.29, 1.82) is 0 Å². The Bertz CT molecular complexity index is 985. The maximum absolute atomic E-state index is 13.5. The van der Waals surface area contributed by atoms with Gasteiger partial charge in [0, 0.05) is 16.3 Å². The fourth-order valence-electron chi connectivity index (χ4n) is 4.08. The summed E-state index contributed by atoms with van der Waals surface area (Å²) >= 11 is 6.49. The van der Waals surface area contributed by atoms with Gasteiger partial charge in [-0.05, 0) is 36.1 Å². The van der Waals surface area contributed by atoms with Gasteiger partial charge in [0.1, 0.15) is 5.92 Å². The zero-order valence-electron chi connectivity index (χ0n) is 15.7. The number of para-hydroxylation sites is 2. The van der Waals surface area contributed by atoms with Gasteiger partial charge in [-0.1, -0.05) is 48.9 Å². The third-order valence-corrected chi connectivity index (χ3v) is 5.78. The Morgan fingerprint density at radius 2 is 1.79 bits per heavy atom. The summed E-state index contributed by atoms with van der Waals surface area (Å²) in [5.41, 5.74) is 3.91. The molecule has 1 aliphatic carbocycles. The van der Waals surface area contributed by atoms with Crippen LogP contribution in [0.1, 0.15) is 24.9 Å². The lowest BCUT2D eigenvalue weighted by atomic mass is 9.75. The van der Waals surface area contributed by atoms with E-state index in [1.54, 1.807) is 6.07 Å². The van der Waals surface area contributed by atoms with Crippen molar-refractivity contribution in [2.24, 2.45) is 11.8 Å². The fourth-order valence-corrected chi connectivity index (χ4v) is 4.32. The van der Waals surface area contributed by atoms with Gasteiger partial charge in [-0.15, -0.1) is 0 Å². The Morgan fingerprint density at radius 3 is 2.50 bits per heavy atom. The van der Waals surface area contributed by atoms with Crippen molar-refractivity contribution in [3.8, 4) is 0 Å². The fraction of sp³-hybridized carbons (Fsp3) is 0.273. The second-order valence-corrected chi connectivity index (χ2v) is 7.62. The third-order valence-electron chi connectivity index (χ3n) is 5.44. The molecule has 2 aromatic rings. The zero-order valence-corrected chi connectivity index (χ0v) is 16.4. The summed E-state index contributed by atoms with van der Waals surface area (Å²) in [6, 6.07) is 14.8. The van der Waals surface area contributed by atoms with E-state index in [-0.39, 0.29) is 11.7 Å². The summed E-state index contributed by atoms with van der Waals surface area (Å²) in [5, 5.41) is 7.44. The first-order valence-electron chi connectivity index (χ1n) is 9.23. The molecule has 0 bridgehead atoms. The molecule has 28 heavy (non-hydrogen) atoms. The van der Waals surface area contributed by atoms with Crippen molar-refractivity contribution in [3.05, 3.63) is 70.4 Å². The Labute approximate surface area is 168 Å². The van der Waals surface area contributed by atoms with Gasteiger partial charge in [-0.3, -0.25) is 9.59 Å². The number of ketones is 1. The average molecular weight is 397 g/mol. The second kappa shape index (κ2) is 7.32. The van der Waals surface area contributed by atoms with Gasteiger partial charge in [-0.25, -0.2) is 0 Å². The van der Waals surface area contributed by atoms with Crippen LogP contribution in [-0.2, 0) is 14.3 Å². The number of fused-ring (bicyclic) bond motifs is 1. The van der Waals surface area contributed by atoms with E-state index in [1.807, 2.05) is 49.4 Å². The molecule has 1 aliphatic heterocycles. The maximum atomic E-state index is 13.5. The number of halogens is 1. The molecule has 4 rings (SSSR count). The minimum Gasteiger partial charge on any atom is -0.468 e. The van der Waals surface area contributed by atoms with Crippen LogP contribution < -0.4 is 10.6 Å². The van der Waals surface area contributed by atoms with Gasteiger partial charge in [-0.2, -0.15) is 0 Å². The SMILES string of the molecule is COC(=O)[C@H]1C(=O)C2=C(C[C@H]1C)Nc1ccccc1N[C@@H]2c1ccccc1Cl. The molecule has 5 nitrogen and oxygen atoms in total. The number of hydrogen-bond donors (Lipinski definition) is 2. The molecule has 0 fully saturated rings. The predicted octanol–water partition coefficient (Wildman–Crippen LogP) is 4.57. The first-order valence-corrected chi connectivity index (χ1v) is 9.61. The van der Waals surface area contributed by atoms with Crippen LogP contribution in [0.5, 0.6) is 0 Å². The van der Waals surface area contributed by atoms with E-state index in [2.05, 4.69) is 10.6 Å². The molecule has 3 atom stereocenters. The first kappa shape index (κ1) is 18.6. The highest BCUT2D eigenvalue weighted by Crippen LogP contribution is 2.44. The molecular weight excluding hydrogens is 376 g/mol. The zero-order chi connectivity index (χ0) is 19.8. The Hall–Kier alpha value is -2.79. The van der Waals surface area contributed by atoms with Crippen LogP contribution in [0.3, 0.4) is 0 Å². The predicted molar refractivity (Wildman–Crippen MR) is 109 cm³/mol. The highest BCUT2D eigenvalue weighted by atomic mass is 35.5. The summed E-state index contributed by atoms with van der Waals surface area (Å²) in [6.45, 7) is 1.90. The number of carbonyl (C=O) groups is 2. The quantitative estimate of drug-likeness (QED) is 0.575. The molecule has 0 saturated heterocycles. The molecule has 1 heterocycles. The number of Topliss-reactive ketones (excluding diaryl/α,β-unsaturated/α-hetero) is 1. The number of esters is 1. The number of ether oxygens (including phenoxy) is 1. The van der Waals surface area contributed by atoms with E-state index >= 15 is 0 Å². The van der Waals surface area contributed by atoms with Gasteiger partial charge in [0.2, 0.25) is 0 Å². The van der Waals surface area contributed by atoms with E-state index in [4.69, 9.17) is 16.3 Å². The molecule has 0 spiro atoms. The van der Waals surface area contributed by atoms with Crippen LogP contribution in [0.4, 0.5) is 11.4 Å². The Morgan fingerprint density at radius 1 is 1.11 bits per heavy atom. The smallest absolute Gasteiger partial charge is 0.316 e. The molecule has 144 valence electrons. The molecule has 2 N–H and O–H groups in total. The number of benzene rings is 2. The molecular formula is C22H21ClN2O3. The molecule has 0 unspecified atom stereocenters. The lowest BCUT2D eigenvalue weighted by Crippen LogP contribution is -2.39. The highest BCUT2D eigenvalue weighted by Gasteiger charge is 2.44. The second-order valence-electron chi connectivity index (χ2n) is 7.21. The number of rotatable bonds is 2. The normalized spacial score (nSPS) is 23.7. The van der Waals surface area contributed by atoms with E-state index in [0.29, 0.717) is 17.0 Å². The lowest BCUT2D eigenvalue weighted by Gasteiger charge is -2.32. The Balaban J connectivity index is 1.90. The maximum Gasteiger partial charge on any atom is 0.316 e. The molecule has 0 aromatic heterocycles. The van der Waals surface area contributed by atoms with Crippen molar-refractivity contribution < 1.29 is 14.3 Å². The average Bonchev–Trinajstić information content (AvgIpc) is 2.84. The number of allylic oxidation sites excluding steroid dienone is 1. The molecule has 6 heteroatoms. The van der Waals surface area contributed by atoms with Gasteiger partial charge in [0.25, 0.3) is 0 Å². The number of anilines is 2. The minimum absolute atomic E-state index is 0.164. The number of carbonyl (C=O) groups excluding carboxylic acids is 2. The van der Waals surface area contributed by atoms with Crippen molar-refractivity contribution >= 4 is 34.7 Å². The van der Waals surface area contributed by atoms with Crippen LogP contribution in [-0.4, -0.2) is 18.9 Å².